The molecule has 0 fully saturated rings. The third-order valence-corrected chi connectivity index (χ3v) is 5.76. The van der Waals surface area contributed by atoms with Crippen molar-refractivity contribution in [3.8, 4) is 11.5 Å². The first kappa shape index (κ1) is 23.9. The van der Waals surface area contributed by atoms with Gasteiger partial charge in [0.2, 0.25) is 5.91 Å². The van der Waals surface area contributed by atoms with Crippen LogP contribution in [0.4, 0.5) is 5.69 Å². The van der Waals surface area contributed by atoms with E-state index >= 15 is 0 Å². The minimum Gasteiger partial charge on any atom is -0.490 e. The number of halogens is 1. The lowest BCUT2D eigenvalue weighted by atomic mass is 10.2. The number of hydrogen-bond donors (Lipinski definition) is 1. The minimum atomic E-state index is -0.125. The van der Waals surface area contributed by atoms with E-state index in [4.69, 9.17) is 9.47 Å². The molecule has 168 valence electrons. The Morgan fingerprint density at radius 2 is 2.06 bits per heavy atom. The molecule has 32 heavy (non-hydrogen) atoms. The third-order valence-electron chi connectivity index (χ3n) is 4.30. The number of aryl methyl sites for hydroxylation is 1. The number of aromatic nitrogens is 3. The molecule has 2 aromatic carbocycles. The van der Waals surface area contributed by atoms with E-state index in [1.54, 1.807) is 6.08 Å². The first-order chi connectivity index (χ1) is 15.5. The summed E-state index contributed by atoms with van der Waals surface area (Å²) in [6.07, 6.45) is 1.76. The summed E-state index contributed by atoms with van der Waals surface area (Å²) >= 11 is 4.71. The van der Waals surface area contributed by atoms with E-state index < -0.39 is 0 Å². The first-order valence-corrected chi connectivity index (χ1v) is 11.9. The fourth-order valence-electron chi connectivity index (χ4n) is 2.88. The molecule has 3 aromatic rings. The van der Waals surface area contributed by atoms with Crippen molar-refractivity contribution < 1.29 is 14.3 Å². The topological polar surface area (TPSA) is 78.3 Å². The summed E-state index contributed by atoms with van der Waals surface area (Å²) in [5, 5.41) is 12.0. The average Bonchev–Trinajstić information content (AvgIpc) is 3.14. The normalized spacial score (nSPS) is 10.6. The summed E-state index contributed by atoms with van der Waals surface area (Å²) in [7, 11) is 0. The highest BCUT2D eigenvalue weighted by Crippen LogP contribution is 2.29. The standard InChI is InChI=1S/C23H25BrN4O3S/c1-4-11-28-21(14-31-19-10-9-16(3)12-20(19)30-5-2)26-27-23(28)32-15-22(29)25-18-8-6-7-17(24)13-18/h4,6-10,12-13H,1,5,11,14-15H2,2-3H3,(H,25,29). The summed E-state index contributed by atoms with van der Waals surface area (Å²) in [5.74, 6) is 2.06. The van der Waals surface area contributed by atoms with Gasteiger partial charge in [-0.3, -0.25) is 9.36 Å². The van der Waals surface area contributed by atoms with Crippen LogP contribution in [-0.4, -0.2) is 33.0 Å². The Hall–Kier alpha value is -2.78. The molecule has 1 N–H and O–H groups in total. The van der Waals surface area contributed by atoms with Crippen LogP contribution in [0.5, 0.6) is 11.5 Å². The quantitative estimate of drug-likeness (QED) is 0.277. The zero-order chi connectivity index (χ0) is 22.9. The van der Waals surface area contributed by atoms with Gasteiger partial charge in [-0.1, -0.05) is 45.9 Å². The monoisotopic (exact) mass is 516 g/mol. The molecule has 0 bridgehead atoms. The fraction of sp³-hybridized carbons (Fsp3) is 0.261. The second kappa shape index (κ2) is 11.7. The van der Waals surface area contributed by atoms with Gasteiger partial charge in [0, 0.05) is 16.7 Å². The van der Waals surface area contributed by atoms with Gasteiger partial charge in [-0.25, -0.2) is 0 Å². The molecule has 0 unspecified atom stereocenters. The Labute approximate surface area is 200 Å². The lowest BCUT2D eigenvalue weighted by Crippen LogP contribution is -2.15. The molecular formula is C23H25BrN4O3S. The number of benzene rings is 2. The van der Waals surface area contributed by atoms with E-state index in [9.17, 15) is 4.79 Å². The van der Waals surface area contributed by atoms with Gasteiger partial charge in [0.25, 0.3) is 0 Å². The van der Waals surface area contributed by atoms with Crippen LogP contribution in [0.15, 0.2) is 64.7 Å². The molecule has 9 heteroatoms. The summed E-state index contributed by atoms with van der Waals surface area (Å²) in [6, 6.07) is 13.3. The van der Waals surface area contributed by atoms with Gasteiger partial charge >= 0.3 is 0 Å². The highest BCUT2D eigenvalue weighted by atomic mass is 79.9. The molecule has 0 atom stereocenters. The van der Waals surface area contributed by atoms with E-state index in [2.05, 4.69) is 38.0 Å². The molecule has 1 heterocycles. The van der Waals surface area contributed by atoms with Gasteiger partial charge in [0.1, 0.15) is 6.61 Å². The second-order valence-corrected chi connectivity index (χ2v) is 8.68. The van der Waals surface area contributed by atoms with Crippen molar-refractivity contribution in [3.05, 3.63) is 71.0 Å². The average molecular weight is 517 g/mol. The van der Waals surface area contributed by atoms with E-state index in [0.29, 0.717) is 35.6 Å². The van der Waals surface area contributed by atoms with E-state index in [0.717, 1.165) is 15.7 Å². The number of thioether (sulfide) groups is 1. The highest BCUT2D eigenvalue weighted by Gasteiger charge is 2.15. The number of rotatable bonds is 11. The number of amides is 1. The van der Waals surface area contributed by atoms with Crippen LogP contribution in [0, 0.1) is 6.92 Å². The molecule has 1 amide bonds. The van der Waals surface area contributed by atoms with Crippen LogP contribution in [0.3, 0.4) is 0 Å². The molecule has 0 radical (unpaired) electrons. The fourth-order valence-corrected chi connectivity index (χ4v) is 4.05. The van der Waals surface area contributed by atoms with Crippen molar-refractivity contribution in [1.82, 2.24) is 14.8 Å². The maximum atomic E-state index is 12.3. The Morgan fingerprint density at radius 1 is 1.22 bits per heavy atom. The number of nitrogens with one attached hydrogen (secondary N) is 1. The van der Waals surface area contributed by atoms with Gasteiger partial charge in [0.15, 0.2) is 22.5 Å². The first-order valence-electron chi connectivity index (χ1n) is 10.1. The summed E-state index contributed by atoms with van der Waals surface area (Å²) in [4.78, 5) is 12.3. The van der Waals surface area contributed by atoms with Crippen LogP contribution in [0.1, 0.15) is 18.3 Å². The van der Waals surface area contributed by atoms with Crippen LogP contribution < -0.4 is 14.8 Å². The number of hydrogen-bond acceptors (Lipinski definition) is 6. The molecule has 0 saturated heterocycles. The zero-order valence-corrected chi connectivity index (χ0v) is 20.4. The van der Waals surface area contributed by atoms with E-state index in [1.807, 2.05) is 60.9 Å². The second-order valence-electron chi connectivity index (χ2n) is 6.82. The molecule has 1 aromatic heterocycles. The molecule has 0 saturated carbocycles. The van der Waals surface area contributed by atoms with Crippen LogP contribution in [0.25, 0.3) is 0 Å². The molecule has 0 spiro atoms. The largest absolute Gasteiger partial charge is 0.490 e. The number of allylic oxidation sites excluding steroid dienone is 1. The Bertz CT molecular complexity index is 1090. The zero-order valence-electron chi connectivity index (χ0n) is 18.0. The number of carbonyl (C=O) groups excluding carboxylic acids is 1. The van der Waals surface area contributed by atoms with Gasteiger partial charge in [-0.15, -0.1) is 16.8 Å². The Balaban J connectivity index is 1.65. The number of anilines is 1. The van der Waals surface area contributed by atoms with Crippen LogP contribution >= 0.6 is 27.7 Å². The van der Waals surface area contributed by atoms with Crippen molar-refractivity contribution in [2.75, 3.05) is 17.7 Å². The lowest BCUT2D eigenvalue weighted by Gasteiger charge is -2.13. The van der Waals surface area contributed by atoms with Crippen molar-refractivity contribution in [3.63, 3.8) is 0 Å². The minimum absolute atomic E-state index is 0.125. The summed E-state index contributed by atoms with van der Waals surface area (Å²) in [6.45, 7) is 9.03. The Morgan fingerprint density at radius 3 is 2.81 bits per heavy atom. The van der Waals surface area contributed by atoms with Crippen molar-refractivity contribution >= 4 is 39.3 Å². The summed E-state index contributed by atoms with van der Waals surface area (Å²) < 4.78 is 14.4. The smallest absolute Gasteiger partial charge is 0.234 e. The van der Waals surface area contributed by atoms with Gasteiger partial charge in [-0.2, -0.15) is 0 Å². The predicted molar refractivity (Wildman–Crippen MR) is 130 cm³/mol. The Kier molecular flexibility index (Phi) is 8.75. The molecule has 7 nitrogen and oxygen atoms in total. The summed E-state index contributed by atoms with van der Waals surface area (Å²) in [5.41, 5.74) is 1.82. The lowest BCUT2D eigenvalue weighted by molar-refractivity contribution is -0.113. The maximum absolute atomic E-state index is 12.3. The number of nitrogens with zero attached hydrogens (tertiary/aromatic N) is 3. The molecular weight excluding hydrogens is 492 g/mol. The van der Waals surface area contributed by atoms with E-state index in [-0.39, 0.29) is 18.3 Å². The van der Waals surface area contributed by atoms with Crippen molar-refractivity contribution in [2.45, 2.75) is 32.2 Å². The molecule has 0 aliphatic rings. The van der Waals surface area contributed by atoms with Crippen LogP contribution in [-0.2, 0) is 17.9 Å². The predicted octanol–water partition coefficient (Wildman–Crippen LogP) is 5.24. The van der Waals surface area contributed by atoms with Crippen LogP contribution in [0.2, 0.25) is 0 Å². The number of carbonyl (C=O) groups is 1. The molecule has 0 aliphatic heterocycles. The highest BCUT2D eigenvalue weighted by molar-refractivity contribution is 9.10. The van der Waals surface area contributed by atoms with Crippen molar-refractivity contribution in [2.24, 2.45) is 0 Å². The number of ether oxygens (including phenoxy) is 2. The SMILES string of the molecule is C=CCn1c(COc2ccc(C)cc2OCC)nnc1SCC(=O)Nc1cccc(Br)c1. The van der Waals surface area contributed by atoms with Gasteiger partial charge in [0.05, 0.1) is 12.4 Å². The van der Waals surface area contributed by atoms with Gasteiger partial charge in [-0.05, 0) is 49.7 Å². The third kappa shape index (κ3) is 6.61. The molecule has 0 aliphatic carbocycles. The van der Waals surface area contributed by atoms with Crippen molar-refractivity contribution in [1.29, 1.82) is 0 Å². The van der Waals surface area contributed by atoms with E-state index in [1.165, 1.54) is 11.8 Å². The maximum Gasteiger partial charge on any atom is 0.234 e. The van der Waals surface area contributed by atoms with Gasteiger partial charge < -0.3 is 14.8 Å². The molecule has 3 rings (SSSR count).